The third kappa shape index (κ3) is 3.58. The van der Waals surface area contributed by atoms with Gasteiger partial charge in [-0.25, -0.2) is 0 Å². The summed E-state index contributed by atoms with van der Waals surface area (Å²) in [5, 5.41) is 13.1. The number of nitrogens with one attached hydrogen (secondary N) is 1. The van der Waals surface area contributed by atoms with E-state index in [4.69, 9.17) is 0 Å². The summed E-state index contributed by atoms with van der Waals surface area (Å²) in [6.07, 6.45) is 3.72. The van der Waals surface area contributed by atoms with Crippen LogP contribution in [0, 0.1) is 5.92 Å². The number of alkyl halides is 1. The highest BCUT2D eigenvalue weighted by Gasteiger charge is 2.31. The average Bonchev–Trinajstić information content (AvgIpc) is 2.20. The second-order valence-corrected chi connectivity index (χ2v) is 4.88. The Morgan fingerprint density at radius 1 is 1.57 bits per heavy atom. The van der Waals surface area contributed by atoms with E-state index in [0.29, 0.717) is 17.8 Å². The monoisotopic (exact) mass is 263 g/mol. The maximum Gasteiger partial charge on any atom is 0.230 e. The SMILES string of the molecule is CC1CCC(O)(CNC(=O)CBr)CC1. The minimum absolute atomic E-state index is 0.0583. The summed E-state index contributed by atoms with van der Waals surface area (Å²) >= 11 is 3.07. The Hall–Kier alpha value is -0.0900. The Morgan fingerprint density at radius 2 is 2.14 bits per heavy atom. The molecule has 0 bridgehead atoms. The number of rotatable bonds is 3. The Morgan fingerprint density at radius 3 is 2.64 bits per heavy atom. The minimum atomic E-state index is -0.662. The molecule has 1 fully saturated rings. The van der Waals surface area contributed by atoms with Gasteiger partial charge < -0.3 is 10.4 Å². The van der Waals surface area contributed by atoms with Crippen molar-refractivity contribution in [3.05, 3.63) is 0 Å². The lowest BCUT2D eigenvalue weighted by Gasteiger charge is -2.34. The second-order valence-electron chi connectivity index (χ2n) is 4.32. The van der Waals surface area contributed by atoms with Gasteiger partial charge in [0.15, 0.2) is 0 Å². The second kappa shape index (κ2) is 5.12. The molecule has 4 heteroatoms. The lowest BCUT2D eigenvalue weighted by Crippen LogP contribution is -2.45. The largest absolute Gasteiger partial charge is 0.388 e. The van der Waals surface area contributed by atoms with Crippen LogP contribution in [0.15, 0.2) is 0 Å². The number of aliphatic hydroxyl groups is 1. The molecule has 3 nitrogen and oxygen atoms in total. The van der Waals surface area contributed by atoms with Crippen LogP contribution in [-0.2, 0) is 4.79 Å². The summed E-state index contributed by atoms with van der Waals surface area (Å²) < 4.78 is 0. The van der Waals surface area contributed by atoms with E-state index in [1.807, 2.05) is 0 Å². The molecule has 0 aromatic rings. The summed E-state index contributed by atoms with van der Waals surface area (Å²) in [7, 11) is 0. The Bertz CT molecular complexity index is 200. The first-order chi connectivity index (χ1) is 6.56. The topological polar surface area (TPSA) is 49.3 Å². The summed E-state index contributed by atoms with van der Waals surface area (Å²) in [5.41, 5.74) is -0.662. The fourth-order valence-electron chi connectivity index (χ4n) is 1.79. The van der Waals surface area contributed by atoms with Crippen LogP contribution >= 0.6 is 15.9 Å². The molecular weight excluding hydrogens is 246 g/mol. The number of carbonyl (C=O) groups is 1. The molecule has 0 unspecified atom stereocenters. The molecule has 0 aliphatic heterocycles. The van der Waals surface area contributed by atoms with E-state index < -0.39 is 5.60 Å². The van der Waals surface area contributed by atoms with Gasteiger partial charge in [-0.2, -0.15) is 0 Å². The molecule has 82 valence electrons. The minimum Gasteiger partial charge on any atom is -0.388 e. The lowest BCUT2D eigenvalue weighted by molar-refractivity contribution is -0.120. The van der Waals surface area contributed by atoms with Crippen molar-refractivity contribution in [1.82, 2.24) is 5.32 Å². The van der Waals surface area contributed by atoms with Gasteiger partial charge in [0.1, 0.15) is 0 Å². The molecule has 0 saturated heterocycles. The standard InChI is InChI=1S/C10H18BrNO2/c1-8-2-4-10(14,5-3-8)7-12-9(13)6-11/h8,14H,2-7H2,1H3,(H,12,13). The molecule has 0 heterocycles. The van der Waals surface area contributed by atoms with Crippen LogP contribution in [0.2, 0.25) is 0 Å². The third-order valence-electron chi connectivity index (χ3n) is 2.94. The molecule has 0 aromatic heterocycles. The van der Waals surface area contributed by atoms with Crippen LogP contribution in [0.25, 0.3) is 0 Å². The van der Waals surface area contributed by atoms with E-state index in [0.717, 1.165) is 25.7 Å². The zero-order valence-electron chi connectivity index (χ0n) is 8.55. The van der Waals surface area contributed by atoms with Crippen LogP contribution in [0.4, 0.5) is 0 Å². The lowest BCUT2D eigenvalue weighted by atomic mass is 9.79. The first-order valence-electron chi connectivity index (χ1n) is 5.11. The Labute approximate surface area is 93.4 Å². The van der Waals surface area contributed by atoms with E-state index >= 15 is 0 Å². The van der Waals surface area contributed by atoms with Crippen molar-refractivity contribution < 1.29 is 9.90 Å². The number of carbonyl (C=O) groups excluding carboxylic acids is 1. The fraction of sp³-hybridized carbons (Fsp3) is 0.900. The van der Waals surface area contributed by atoms with Gasteiger partial charge in [-0.15, -0.1) is 0 Å². The molecule has 1 rings (SSSR count). The van der Waals surface area contributed by atoms with Gasteiger partial charge >= 0.3 is 0 Å². The van der Waals surface area contributed by atoms with Crippen molar-refractivity contribution in [2.75, 3.05) is 11.9 Å². The van der Waals surface area contributed by atoms with Crippen LogP contribution < -0.4 is 5.32 Å². The highest BCUT2D eigenvalue weighted by atomic mass is 79.9. The third-order valence-corrected chi connectivity index (χ3v) is 3.45. The highest BCUT2D eigenvalue weighted by Crippen LogP contribution is 2.31. The van der Waals surface area contributed by atoms with Crippen LogP contribution in [0.3, 0.4) is 0 Å². The number of amides is 1. The molecule has 0 aromatic carbocycles. The molecule has 0 spiro atoms. The van der Waals surface area contributed by atoms with E-state index in [1.54, 1.807) is 0 Å². The van der Waals surface area contributed by atoms with E-state index in [2.05, 4.69) is 28.2 Å². The predicted molar refractivity (Wildman–Crippen MR) is 59.4 cm³/mol. The van der Waals surface area contributed by atoms with Crippen molar-refractivity contribution in [2.45, 2.75) is 38.2 Å². The molecule has 14 heavy (non-hydrogen) atoms. The van der Waals surface area contributed by atoms with Gasteiger partial charge in [-0.05, 0) is 31.6 Å². The van der Waals surface area contributed by atoms with E-state index in [-0.39, 0.29) is 5.91 Å². The molecule has 2 N–H and O–H groups in total. The average molecular weight is 264 g/mol. The maximum absolute atomic E-state index is 11.0. The van der Waals surface area contributed by atoms with Crippen molar-refractivity contribution in [1.29, 1.82) is 0 Å². The molecule has 1 saturated carbocycles. The summed E-state index contributed by atoms with van der Waals surface area (Å²) in [6, 6.07) is 0. The maximum atomic E-state index is 11.0. The summed E-state index contributed by atoms with van der Waals surface area (Å²) in [5.74, 6) is 0.652. The van der Waals surface area contributed by atoms with Crippen LogP contribution in [-0.4, -0.2) is 28.5 Å². The predicted octanol–water partition coefficient (Wildman–Crippen LogP) is 1.44. The molecule has 1 aliphatic rings. The van der Waals surface area contributed by atoms with E-state index in [9.17, 15) is 9.90 Å². The van der Waals surface area contributed by atoms with Crippen molar-refractivity contribution in [3.63, 3.8) is 0 Å². The van der Waals surface area contributed by atoms with Crippen molar-refractivity contribution in [2.24, 2.45) is 5.92 Å². The number of hydrogen-bond donors (Lipinski definition) is 2. The van der Waals surface area contributed by atoms with Crippen molar-refractivity contribution >= 4 is 21.8 Å². The molecule has 1 amide bonds. The van der Waals surface area contributed by atoms with Gasteiger partial charge in [-0.3, -0.25) is 4.79 Å². The Balaban J connectivity index is 2.31. The zero-order valence-corrected chi connectivity index (χ0v) is 10.1. The van der Waals surface area contributed by atoms with Gasteiger partial charge in [0.05, 0.1) is 10.9 Å². The van der Waals surface area contributed by atoms with Gasteiger partial charge in [0, 0.05) is 6.54 Å². The van der Waals surface area contributed by atoms with E-state index in [1.165, 1.54) is 0 Å². The molecule has 0 radical (unpaired) electrons. The Kier molecular flexibility index (Phi) is 4.38. The molecule has 0 atom stereocenters. The van der Waals surface area contributed by atoms with Gasteiger partial charge in [0.2, 0.25) is 5.91 Å². The fourth-order valence-corrected chi connectivity index (χ4v) is 1.98. The first-order valence-corrected chi connectivity index (χ1v) is 6.23. The normalized spacial score (nSPS) is 32.6. The van der Waals surface area contributed by atoms with Gasteiger partial charge in [-0.1, -0.05) is 22.9 Å². The highest BCUT2D eigenvalue weighted by molar-refractivity contribution is 9.09. The number of halogens is 1. The quantitative estimate of drug-likeness (QED) is 0.758. The first kappa shape index (κ1) is 12.0. The van der Waals surface area contributed by atoms with Gasteiger partial charge in [0.25, 0.3) is 0 Å². The molecule has 1 aliphatic carbocycles. The summed E-state index contributed by atoms with van der Waals surface area (Å²) in [4.78, 5) is 11.0. The van der Waals surface area contributed by atoms with Crippen LogP contribution in [0.1, 0.15) is 32.6 Å². The summed E-state index contributed by atoms with van der Waals surface area (Å²) in [6.45, 7) is 2.60. The zero-order chi connectivity index (χ0) is 10.6. The van der Waals surface area contributed by atoms with Crippen molar-refractivity contribution in [3.8, 4) is 0 Å². The number of hydrogen-bond acceptors (Lipinski definition) is 2. The van der Waals surface area contributed by atoms with Crippen LogP contribution in [0.5, 0.6) is 0 Å². The smallest absolute Gasteiger partial charge is 0.230 e. The molecular formula is C10H18BrNO2.